The van der Waals surface area contributed by atoms with Gasteiger partial charge in [0.1, 0.15) is 34.8 Å². The maximum Gasteiger partial charge on any atom is 0.229 e. The first-order chi connectivity index (χ1) is 28.3. The van der Waals surface area contributed by atoms with E-state index in [1.807, 2.05) is 38.4 Å². The van der Waals surface area contributed by atoms with Crippen molar-refractivity contribution in [3.8, 4) is 11.5 Å². The van der Waals surface area contributed by atoms with Crippen molar-refractivity contribution in [2.75, 3.05) is 49.6 Å². The van der Waals surface area contributed by atoms with Crippen LogP contribution in [0.2, 0.25) is 0 Å². The second-order valence-electron chi connectivity index (χ2n) is 13.5. The number of hydrogen-bond donors (Lipinski definition) is 4. The average Bonchev–Trinajstić information content (AvgIpc) is 3.88. The third kappa shape index (κ3) is 7.86. The summed E-state index contributed by atoms with van der Waals surface area (Å²) in [5, 5.41) is 12.6. The van der Waals surface area contributed by atoms with Crippen molar-refractivity contribution >= 4 is 46.3 Å². The molecule has 0 radical (unpaired) electrons. The van der Waals surface area contributed by atoms with Crippen molar-refractivity contribution in [2.45, 2.75) is 37.5 Å². The topological polar surface area (TPSA) is 127 Å². The van der Waals surface area contributed by atoms with E-state index in [0.717, 1.165) is 59.8 Å². The first kappa shape index (κ1) is 38.9. The summed E-state index contributed by atoms with van der Waals surface area (Å²) in [4.78, 5) is 25.5. The van der Waals surface area contributed by atoms with Crippen molar-refractivity contribution in [1.82, 2.24) is 19.9 Å². The number of nitrogens with one attached hydrogen (secondary N) is 4. The molecule has 0 amide bonds. The molecule has 0 saturated carbocycles. The molecule has 8 rings (SSSR count). The molecule has 4 N–H and O–H groups in total. The van der Waals surface area contributed by atoms with Crippen LogP contribution in [0.3, 0.4) is 0 Å². The molecule has 2 heterocycles. The highest BCUT2D eigenvalue weighted by Crippen LogP contribution is 2.43. The molecule has 58 heavy (non-hydrogen) atoms. The molecule has 2 aromatic heterocycles. The number of rotatable bonds is 10. The first-order valence-electron chi connectivity index (χ1n) is 18.6. The number of benzene rings is 4. The number of ether oxygens (including phenoxy) is 2. The van der Waals surface area contributed by atoms with Gasteiger partial charge in [-0.2, -0.15) is 9.97 Å². The Morgan fingerprint density at radius 2 is 1.02 bits per heavy atom. The van der Waals surface area contributed by atoms with Gasteiger partial charge in [0, 0.05) is 48.4 Å². The summed E-state index contributed by atoms with van der Waals surface area (Å²) in [5.74, 6) is 2.59. The third-order valence-electron chi connectivity index (χ3n) is 10.3. The van der Waals surface area contributed by atoms with Crippen LogP contribution in [0, 0.1) is 24.8 Å². The lowest BCUT2D eigenvalue weighted by atomic mass is 9.96. The number of aromatic nitrogens is 4. The van der Waals surface area contributed by atoms with Crippen molar-refractivity contribution in [2.24, 2.45) is 0 Å². The van der Waals surface area contributed by atoms with Crippen LogP contribution in [-0.2, 0) is 12.8 Å². The van der Waals surface area contributed by atoms with Crippen LogP contribution in [0.5, 0.6) is 11.5 Å². The quantitative estimate of drug-likeness (QED) is 0.0999. The first-order valence-corrected chi connectivity index (χ1v) is 18.6. The van der Waals surface area contributed by atoms with Gasteiger partial charge in [0.05, 0.1) is 38.8 Å². The molecule has 292 valence electrons. The lowest BCUT2D eigenvalue weighted by Crippen LogP contribution is -2.08. The summed E-state index contributed by atoms with van der Waals surface area (Å²) >= 11 is 0. The van der Waals surface area contributed by atoms with E-state index in [4.69, 9.17) is 32.6 Å². The van der Waals surface area contributed by atoms with Gasteiger partial charge in [0.2, 0.25) is 23.3 Å². The van der Waals surface area contributed by atoms with Gasteiger partial charge >= 0.3 is 0 Å². The Labute approximate surface area is 335 Å². The molecule has 0 spiro atoms. The predicted molar refractivity (Wildman–Crippen MR) is 221 cm³/mol. The number of anilines is 6. The highest BCUT2D eigenvalue weighted by molar-refractivity contribution is 5.69. The maximum atomic E-state index is 14.4. The lowest BCUT2D eigenvalue weighted by molar-refractivity contribution is 0.417. The van der Waals surface area contributed by atoms with Crippen LogP contribution in [-0.4, -0.2) is 48.3 Å². The minimum absolute atomic E-state index is 0.110. The largest absolute Gasteiger partial charge is 0.508 e. The number of halogens is 2. The van der Waals surface area contributed by atoms with E-state index in [1.165, 1.54) is 26.4 Å². The van der Waals surface area contributed by atoms with E-state index in [2.05, 4.69) is 40.9 Å². The van der Waals surface area contributed by atoms with Gasteiger partial charge in [-0.1, -0.05) is 48.5 Å². The predicted octanol–water partition coefficient (Wildman–Crippen LogP) is 10.1. The average molecular weight is 779 g/mol. The Bertz CT molecular complexity index is 2390. The summed E-state index contributed by atoms with van der Waals surface area (Å²) in [6.45, 7) is 14.4. The maximum absolute atomic E-state index is 14.4. The van der Waals surface area contributed by atoms with E-state index >= 15 is 0 Å². The second-order valence-corrected chi connectivity index (χ2v) is 13.5. The van der Waals surface area contributed by atoms with E-state index in [1.54, 1.807) is 48.5 Å². The summed E-state index contributed by atoms with van der Waals surface area (Å²) in [5.41, 5.74) is 7.30. The molecule has 0 aliphatic heterocycles. The highest BCUT2D eigenvalue weighted by atomic mass is 19.1. The van der Waals surface area contributed by atoms with Crippen molar-refractivity contribution < 1.29 is 18.3 Å². The van der Waals surface area contributed by atoms with Crippen molar-refractivity contribution in [3.05, 3.63) is 153 Å². The van der Waals surface area contributed by atoms with E-state index in [-0.39, 0.29) is 23.5 Å². The van der Waals surface area contributed by atoms with Crippen LogP contribution in [0.1, 0.15) is 58.3 Å². The number of fused-ring (bicyclic) bond motifs is 2. The Balaban J connectivity index is 0.000000177. The molecule has 4 aromatic carbocycles. The van der Waals surface area contributed by atoms with E-state index < -0.39 is 0 Å². The van der Waals surface area contributed by atoms with Gasteiger partial charge in [-0.05, 0) is 73.2 Å². The van der Waals surface area contributed by atoms with Crippen LogP contribution in [0.15, 0.2) is 84.9 Å². The fraction of sp³-hybridized carbons (Fsp3) is 0.227. The summed E-state index contributed by atoms with van der Waals surface area (Å²) in [6, 6.07) is 24.1. The molecule has 0 fully saturated rings. The molecular weight excluding hydrogens is 739 g/mol. The fourth-order valence-electron chi connectivity index (χ4n) is 7.52. The summed E-state index contributed by atoms with van der Waals surface area (Å²) in [6.07, 6.45) is 3.16. The van der Waals surface area contributed by atoms with Crippen molar-refractivity contribution in [1.29, 1.82) is 0 Å². The Morgan fingerprint density at radius 1 is 0.603 bits per heavy atom. The molecule has 0 saturated heterocycles. The van der Waals surface area contributed by atoms with Gasteiger partial charge in [-0.25, -0.2) is 28.4 Å². The van der Waals surface area contributed by atoms with Crippen molar-refractivity contribution in [3.63, 3.8) is 0 Å². The molecule has 2 atom stereocenters. The molecule has 12 nitrogen and oxygen atoms in total. The fourth-order valence-corrected chi connectivity index (χ4v) is 7.52. The van der Waals surface area contributed by atoms with Crippen LogP contribution >= 0.6 is 0 Å². The van der Waals surface area contributed by atoms with E-state index in [9.17, 15) is 8.78 Å². The molecule has 0 bridgehead atoms. The third-order valence-corrected chi connectivity index (χ3v) is 10.3. The second kappa shape index (κ2) is 17.2. The molecule has 0 unspecified atom stereocenters. The van der Waals surface area contributed by atoms with Gasteiger partial charge in [0.25, 0.3) is 0 Å². The van der Waals surface area contributed by atoms with Crippen LogP contribution < -0.4 is 30.7 Å². The van der Waals surface area contributed by atoms with E-state index in [0.29, 0.717) is 57.3 Å². The van der Waals surface area contributed by atoms with Gasteiger partial charge < -0.3 is 30.7 Å². The zero-order valence-electron chi connectivity index (χ0n) is 32.3. The highest BCUT2D eigenvalue weighted by Gasteiger charge is 2.32. The van der Waals surface area contributed by atoms with Crippen LogP contribution in [0.4, 0.5) is 55.1 Å². The number of methoxy groups -OCH3 is 2. The standard InChI is InChI=1S/2C22H20FN5O/c2*1-24-18-11-8-13(12-19(18)29-3)26-22-27-20-15(14-6-4-5-7-17(14)23)9-10-16(20)21(25-2)28-22/h2*4-8,11-12,15H,9-10H2,2-3H3,(H2,25,26,27,28)/t2*15-/m10/s1. The Morgan fingerprint density at radius 3 is 1.38 bits per heavy atom. The molecule has 6 aromatic rings. The summed E-state index contributed by atoms with van der Waals surface area (Å²) < 4.78 is 39.4. The molecular formula is C44H40F2N10O2. The van der Waals surface area contributed by atoms with Crippen LogP contribution in [0.25, 0.3) is 9.69 Å². The smallest absolute Gasteiger partial charge is 0.229 e. The van der Waals surface area contributed by atoms with Gasteiger partial charge in [-0.3, -0.25) is 0 Å². The normalized spacial score (nSPS) is 14.8. The minimum Gasteiger partial charge on any atom is -0.508 e. The minimum atomic E-state index is -0.219. The van der Waals surface area contributed by atoms with Gasteiger partial charge in [-0.15, -0.1) is 0 Å². The lowest BCUT2D eigenvalue weighted by Gasteiger charge is -2.15. The summed E-state index contributed by atoms with van der Waals surface area (Å²) in [7, 11) is 6.68. The Hall–Kier alpha value is -7.32. The Kier molecular flexibility index (Phi) is 11.6. The van der Waals surface area contributed by atoms with Gasteiger partial charge in [0.15, 0.2) is 0 Å². The monoisotopic (exact) mass is 778 g/mol. The number of nitrogens with zero attached hydrogens (tertiary/aromatic N) is 6. The molecule has 2 aliphatic rings. The molecule has 2 aliphatic carbocycles. The number of hydrogen-bond acceptors (Lipinski definition) is 10. The zero-order chi connectivity index (χ0) is 40.8. The molecule has 14 heteroatoms. The zero-order valence-corrected chi connectivity index (χ0v) is 32.3. The SMILES string of the molecule is [C-]#[N+]c1ccc(Nc2nc(NC)c3c(n2)[C@@H](c2ccccc2F)CC3)cc1OC.[C-]#[N+]c1ccc(Nc2nc(NC)c3c(n2)[C@H](c2ccccc2F)CC3)cc1OC.